The van der Waals surface area contributed by atoms with E-state index in [-0.39, 0.29) is 18.0 Å². The molecule has 1 aromatic carbocycles. The fourth-order valence-electron chi connectivity index (χ4n) is 2.49. The van der Waals surface area contributed by atoms with Gasteiger partial charge < -0.3 is 4.74 Å². The molecule has 1 fully saturated rings. The Kier molecular flexibility index (Phi) is 3.19. The van der Waals surface area contributed by atoms with Crippen LogP contribution in [0.3, 0.4) is 0 Å². The van der Waals surface area contributed by atoms with Crippen molar-refractivity contribution in [2.24, 2.45) is 0 Å². The van der Waals surface area contributed by atoms with Crippen LogP contribution in [0.4, 0.5) is 0 Å². The van der Waals surface area contributed by atoms with E-state index >= 15 is 0 Å². The number of benzene rings is 1. The number of carbonyl (C=O) groups excluding carboxylic acids is 1. The van der Waals surface area contributed by atoms with E-state index in [1.54, 1.807) is 0 Å². The van der Waals surface area contributed by atoms with E-state index in [0.717, 1.165) is 20.9 Å². The summed E-state index contributed by atoms with van der Waals surface area (Å²) in [6.45, 7) is 0. The first-order valence-corrected chi connectivity index (χ1v) is 7.92. The Bertz CT molecular complexity index is 538. The number of esters is 1. The van der Waals surface area contributed by atoms with Gasteiger partial charge in [0.1, 0.15) is 10.4 Å². The number of hydrogen-bond acceptors (Lipinski definition) is 2. The number of carbonyl (C=O) groups is 1. The van der Waals surface area contributed by atoms with Crippen LogP contribution in [0.15, 0.2) is 39.3 Å². The van der Waals surface area contributed by atoms with Crippen molar-refractivity contribution < 1.29 is 9.53 Å². The van der Waals surface area contributed by atoms with Gasteiger partial charge in [0.05, 0.1) is 0 Å². The normalized spacial score (nSPS) is 34.2. The van der Waals surface area contributed by atoms with Crippen molar-refractivity contribution in [2.75, 3.05) is 0 Å². The summed E-state index contributed by atoms with van der Waals surface area (Å²) in [5.74, 6) is -0.0898. The Labute approximate surface area is 130 Å². The van der Waals surface area contributed by atoms with Gasteiger partial charge in [-0.05, 0) is 30.2 Å². The minimum atomic E-state index is -0.742. The highest BCUT2D eigenvalue weighted by molar-refractivity contribution is 9.12. The molecule has 0 unspecified atom stereocenters. The van der Waals surface area contributed by atoms with Gasteiger partial charge >= 0.3 is 5.97 Å². The highest BCUT2D eigenvalue weighted by atomic mass is 79.9. The van der Waals surface area contributed by atoms with Gasteiger partial charge in [0.2, 0.25) is 0 Å². The summed E-state index contributed by atoms with van der Waals surface area (Å²) in [7, 11) is 0. The molecule has 1 aromatic rings. The van der Waals surface area contributed by atoms with Gasteiger partial charge in [-0.25, -0.2) is 0 Å². The number of alkyl halides is 1. The first-order chi connectivity index (χ1) is 8.50. The molecule has 18 heavy (non-hydrogen) atoms. The van der Waals surface area contributed by atoms with Gasteiger partial charge in [0, 0.05) is 14.9 Å². The highest BCUT2D eigenvalue weighted by Gasteiger charge is 2.54. The predicted octanol–water partition coefficient (Wildman–Crippen LogP) is 4.27. The summed E-state index contributed by atoms with van der Waals surface area (Å²) < 4.78 is 6.61. The second-order valence-electron chi connectivity index (χ2n) is 4.53. The van der Waals surface area contributed by atoms with Crippen LogP contribution in [0.1, 0.15) is 17.9 Å². The first kappa shape index (κ1) is 12.9. The molecule has 2 bridgehead atoms. The largest absolute Gasteiger partial charge is 0.456 e. The number of fused-ring (bicyclic) bond motifs is 2. The minimum absolute atomic E-state index is 0.109. The van der Waals surface area contributed by atoms with E-state index in [1.807, 2.05) is 30.3 Å². The molecule has 4 rings (SSSR count). The molecular weight excluding hydrogens is 428 g/mol. The molecule has 94 valence electrons. The molecule has 0 radical (unpaired) electrons. The Hall–Kier alpha value is -0.130. The second-order valence-corrected chi connectivity index (χ2v) is 7.67. The Balaban J connectivity index is 2.05. The fraction of sp³-hybridized carbons (Fsp3) is 0.308. The zero-order valence-corrected chi connectivity index (χ0v) is 14.0. The summed E-state index contributed by atoms with van der Waals surface area (Å²) in [6.07, 6.45) is 2.58. The molecule has 1 aliphatic carbocycles. The summed E-state index contributed by atoms with van der Waals surface area (Å²) in [6, 6.07) is 8.09. The van der Waals surface area contributed by atoms with Crippen LogP contribution in [-0.2, 0) is 9.53 Å². The van der Waals surface area contributed by atoms with E-state index in [4.69, 9.17) is 4.74 Å². The van der Waals surface area contributed by atoms with E-state index in [2.05, 4.69) is 47.8 Å². The SMILES string of the molecule is O=C1O[C@H]2C[C@@H](c3ccc(Br)cc3)[C@]1(Br)C=C2Br. The van der Waals surface area contributed by atoms with Crippen LogP contribution < -0.4 is 0 Å². The van der Waals surface area contributed by atoms with Gasteiger partial charge in [0.15, 0.2) is 0 Å². The molecular formula is C13H9Br3O2. The van der Waals surface area contributed by atoms with Gasteiger partial charge in [-0.15, -0.1) is 0 Å². The van der Waals surface area contributed by atoms with Crippen molar-refractivity contribution in [2.45, 2.75) is 22.8 Å². The lowest BCUT2D eigenvalue weighted by Gasteiger charge is -2.44. The molecule has 3 aliphatic rings. The Morgan fingerprint density at radius 3 is 2.56 bits per heavy atom. The van der Waals surface area contributed by atoms with Crippen molar-refractivity contribution in [3.8, 4) is 0 Å². The topological polar surface area (TPSA) is 26.3 Å². The number of rotatable bonds is 1. The van der Waals surface area contributed by atoms with Crippen LogP contribution in [0.2, 0.25) is 0 Å². The molecule has 3 atom stereocenters. The number of halogens is 3. The quantitative estimate of drug-likeness (QED) is 0.485. The summed E-state index contributed by atoms with van der Waals surface area (Å²) in [4.78, 5) is 12.0. The summed E-state index contributed by atoms with van der Waals surface area (Å²) in [5.41, 5.74) is 1.15. The van der Waals surface area contributed by atoms with Crippen LogP contribution in [0.25, 0.3) is 0 Å². The maximum absolute atomic E-state index is 12.0. The van der Waals surface area contributed by atoms with E-state index in [9.17, 15) is 4.79 Å². The smallest absolute Gasteiger partial charge is 0.328 e. The zero-order valence-electron chi connectivity index (χ0n) is 9.20. The maximum Gasteiger partial charge on any atom is 0.328 e. The summed E-state index contributed by atoms with van der Waals surface area (Å²) >= 11 is 10.5. The van der Waals surface area contributed by atoms with Crippen molar-refractivity contribution in [3.63, 3.8) is 0 Å². The molecule has 0 spiro atoms. The van der Waals surface area contributed by atoms with E-state index < -0.39 is 4.32 Å². The van der Waals surface area contributed by atoms with Gasteiger partial charge in [-0.1, -0.05) is 59.9 Å². The van der Waals surface area contributed by atoms with E-state index in [1.165, 1.54) is 0 Å². The van der Waals surface area contributed by atoms with Gasteiger partial charge in [0.25, 0.3) is 0 Å². The number of ether oxygens (including phenoxy) is 1. The maximum atomic E-state index is 12.0. The lowest BCUT2D eigenvalue weighted by Crippen LogP contribution is -2.50. The van der Waals surface area contributed by atoms with Crippen molar-refractivity contribution >= 4 is 53.8 Å². The van der Waals surface area contributed by atoms with E-state index in [0.29, 0.717) is 0 Å². The second kappa shape index (κ2) is 4.46. The molecule has 2 heterocycles. The van der Waals surface area contributed by atoms with Gasteiger partial charge in [-0.2, -0.15) is 0 Å². The summed E-state index contributed by atoms with van der Waals surface area (Å²) in [5, 5.41) is 0. The first-order valence-electron chi connectivity index (χ1n) is 5.54. The number of hydrogen-bond donors (Lipinski definition) is 0. The molecule has 0 saturated carbocycles. The molecule has 0 amide bonds. The molecule has 1 saturated heterocycles. The van der Waals surface area contributed by atoms with Crippen LogP contribution in [-0.4, -0.2) is 16.4 Å². The predicted molar refractivity (Wildman–Crippen MR) is 80.0 cm³/mol. The van der Waals surface area contributed by atoms with Crippen molar-refractivity contribution in [1.29, 1.82) is 0 Å². The third-order valence-electron chi connectivity index (χ3n) is 3.45. The average Bonchev–Trinajstić information content (AvgIpc) is 2.32. The third kappa shape index (κ3) is 1.91. The fourth-order valence-corrected chi connectivity index (χ4v) is 4.50. The zero-order chi connectivity index (χ0) is 12.9. The Morgan fingerprint density at radius 1 is 1.22 bits per heavy atom. The molecule has 0 aromatic heterocycles. The molecule has 0 N–H and O–H groups in total. The van der Waals surface area contributed by atoms with Crippen molar-refractivity contribution in [1.82, 2.24) is 0 Å². The molecule has 5 heteroatoms. The third-order valence-corrected chi connectivity index (χ3v) is 5.82. The Morgan fingerprint density at radius 2 is 1.89 bits per heavy atom. The average molecular weight is 437 g/mol. The van der Waals surface area contributed by atoms with Gasteiger partial charge in [-0.3, -0.25) is 4.79 Å². The monoisotopic (exact) mass is 434 g/mol. The standard InChI is InChI=1S/C13H9Br3O2/c14-8-3-1-7(2-4-8)9-5-11-10(15)6-13(9,16)12(17)18-11/h1-4,6,9,11H,5H2/t9-,11-,13+/m0/s1. The van der Waals surface area contributed by atoms with Crippen LogP contribution >= 0.6 is 47.8 Å². The minimum Gasteiger partial charge on any atom is -0.456 e. The van der Waals surface area contributed by atoms with Crippen LogP contribution in [0.5, 0.6) is 0 Å². The molecule has 2 nitrogen and oxygen atoms in total. The van der Waals surface area contributed by atoms with Crippen LogP contribution in [0, 0.1) is 0 Å². The van der Waals surface area contributed by atoms with Crippen molar-refractivity contribution in [3.05, 3.63) is 44.9 Å². The lowest BCUT2D eigenvalue weighted by molar-refractivity contribution is -0.155. The molecule has 2 aliphatic heterocycles. The highest BCUT2D eigenvalue weighted by Crippen LogP contribution is 2.52. The lowest BCUT2D eigenvalue weighted by atomic mass is 9.76.